The highest BCUT2D eigenvalue weighted by Crippen LogP contribution is 2.50. The van der Waals surface area contributed by atoms with Gasteiger partial charge in [0.15, 0.2) is 5.54 Å². The van der Waals surface area contributed by atoms with Crippen LogP contribution in [0.25, 0.3) is 0 Å². The van der Waals surface area contributed by atoms with Crippen LogP contribution < -0.4 is 5.32 Å². The van der Waals surface area contributed by atoms with Gasteiger partial charge in [-0.1, -0.05) is 0 Å². The van der Waals surface area contributed by atoms with Crippen LogP contribution in [-0.2, 0) is 14.3 Å². The lowest BCUT2D eigenvalue weighted by Gasteiger charge is -2.23. The van der Waals surface area contributed by atoms with Crippen molar-refractivity contribution in [1.29, 1.82) is 0 Å². The Morgan fingerprint density at radius 3 is 2.90 bits per heavy atom. The van der Waals surface area contributed by atoms with E-state index in [4.69, 9.17) is 4.74 Å². The summed E-state index contributed by atoms with van der Waals surface area (Å²) in [7, 11) is 0. The minimum Gasteiger partial charge on any atom is -0.479 e. The molecule has 2 heterocycles. The Labute approximate surface area is 120 Å². The average molecular weight is 295 g/mol. The first-order valence-electron chi connectivity index (χ1n) is 6.71. The normalized spacial score (nSPS) is 32.0. The maximum atomic E-state index is 12.3. The van der Waals surface area contributed by atoms with Crippen molar-refractivity contribution in [2.24, 2.45) is 5.92 Å². The van der Waals surface area contributed by atoms with Gasteiger partial charge >= 0.3 is 5.97 Å². The van der Waals surface area contributed by atoms with Gasteiger partial charge in [-0.05, 0) is 30.4 Å². The number of nitrogens with one attached hydrogen (secondary N) is 1. The third kappa shape index (κ3) is 2.23. The molecule has 1 aliphatic carbocycles. The van der Waals surface area contributed by atoms with Gasteiger partial charge in [0, 0.05) is 29.7 Å². The number of thiophene rings is 1. The number of carbonyl (C=O) groups is 2. The number of hydrogen-bond donors (Lipinski definition) is 2. The maximum Gasteiger partial charge on any atom is 0.331 e. The summed E-state index contributed by atoms with van der Waals surface area (Å²) in [6.07, 6.45) is 1.15. The summed E-state index contributed by atoms with van der Waals surface area (Å²) in [5.41, 5.74) is -0.0122. The number of aryl methyl sites for hydroxylation is 1. The van der Waals surface area contributed by atoms with Gasteiger partial charge in [-0.2, -0.15) is 0 Å². The second kappa shape index (κ2) is 4.86. The van der Waals surface area contributed by atoms with Crippen molar-refractivity contribution in [1.82, 2.24) is 5.32 Å². The van der Waals surface area contributed by atoms with E-state index in [-0.39, 0.29) is 24.3 Å². The molecule has 3 unspecified atom stereocenters. The molecule has 0 radical (unpaired) electrons. The fourth-order valence-corrected chi connectivity index (χ4v) is 3.86. The topological polar surface area (TPSA) is 75.6 Å². The number of amides is 1. The molecule has 20 heavy (non-hydrogen) atoms. The van der Waals surface area contributed by atoms with Gasteiger partial charge in [0.2, 0.25) is 5.91 Å². The quantitative estimate of drug-likeness (QED) is 0.883. The molecule has 0 aromatic carbocycles. The molecule has 3 rings (SSSR count). The van der Waals surface area contributed by atoms with E-state index < -0.39 is 11.5 Å². The van der Waals surface area contributed by atoms with E-state index >= 15 is 0 Å². The van der Waals surface area contributed by atoms with Gasteiger partial charge in [0.25, 0.3) is 0 Å². The van der Waals surface area contributed by atoms with Crippen molar-refractivity contribution in [3.63, 3.8) is 0 Å². The lowest BCUT2D eigenvalue weighted by Crippen LogP contribution is -2.55. The van der Waals surface area contributed by atoms with Gasteiger partial charge in [-0.3, -0.25) is 4.79 Å². The summed E-state index contributed by atoms with van der Waals surface area (Å²) in [4.78, 5) is 24.9. The molecule has 3 atom stereocenters. The van der Waals surface area contributed by atoms with Crippen LogP contribution in [0.4, 0.5) is 0 Å². The molecule has 1 aliphatic heterocycles. The van der Waals surface area contributed by atoms with Crippen molar-refractivity contribution in [3.8, 4) is 0 Å². The molecule has 1 saturated carbocycles. The summed E-state index contributed by atoms with van der Waals surface area (Å²) < 4.78 is 5.15. The number of hydrogen-bond acceptors (Lipinski definition) is 4. The minimum atomic E-state index is -1.23. The number of carboxylic acid groups (broad SMARTS) is 1. The molecule has 5 nitrogen and oxygen atoms in total. The summed E-state index contributed by atoms with van der Waals surface area (Å²) in [6.45, 7) is 2.48. The second-order valence-electron chi connectivity index (χ2n) is 5.60. The SMILES string of the molecule is Cc1ccsc1C1CC1C(=O)NC1(C(=O)O)CCOC1. The zero-order chi connectivity index (χ0) is 14.3. The molecule has 1 saturated heterocycles. The predicted molar refractivity (Wildman–Crippen MR) is 73.8 cm³/mol. The van der Waals surface area contributed by atoms with Gasteiger partial charge in [-0.25, -0.2) is 4.79 Å². The molecule has 0 bridgehead atoms. The largest absolute Gasteiger partial charge is 0.479 e. The molecule has 1 amide bonds. The molecular weight excluding hydrogens is 278 g/mol. The van der Waals surface area contributed by atoms with Crippen LogP contribution in [-0.4, -0.2) is 35.7 Å². The predicted octanol–water partition coefficient (Wildman–Crippen LogP) is 1.52. The van der Waals surface area contributed by atoms with Gasteiger partial charge in [-0.15, -0.1) is 11.3 Å². The molecular formula is C14H17NO4S. The van der Waals surface area contributed by atoms with E-state index in [9.17, 15) is 14.7 Å². The first-order valence-corrected chi connectivity index (χ1v) is 7.58. The Morgan fingerprint density at radius 1 is 1.55 bits per heavy atom. The van der Waals surface area contributed by atoms with Crippen molar-refractivity contribution in [3.05, 3.63) is 21.9 Å². The Bertz CT molecular complexity index is 547. The lowest BCUT2D eigenvalue weighted by molar-refractivity contribution is -0.147. The van der Waals surface area contributed by atoms with Crippen LogP contribution in [0.3, 0.4) is 0 Å². The molecule has 0 spiro atoms. The van der Waals surface area contributed by atoms with E-state index in [1.165, 1.54) is 10.4 Å². The van der Waals surface area contributed by atoms with E-state index in [0.717, 1.165) is 6.42 Å². The molecule has 1 aromatic rings. The molecule has 2 N–H and O–H groups in total. The van der Waals surface area contributed by atoms with E-state index in [1.807, 2.05) is 12.3 Å². The van der Waals surface area contributed by atoms with Crippen molar-refractivity contribution in [2.75, 3.05) is 13.2 Å². The second-order valence-corrected chi connectivity index (χ2v) is 6.54. The average Bonchev–Trinajstić information content (AvgIpc) is 2.84. The Morgan fingerprint density at radius 2 is 2.35 bits per heavy atom. The number of ether oxygens (including phenoxy) is 1. The van der Waals surface area contributed by atoms with Crippen LogP contribution in [0.5, 0.6) is 0 Å². The fourth-order valence-electron chi connectivity index (χ4n) is 2.75. The van der Waals surface area contributed by atoms with Crippen LogP contribution >= 0.6 is 11.3 Å². The van der Waals surface area contributed by atoms with Crippen LogP contribution in [0.1, 0.15) is 29.2 Å². The van der Waals surface area contributed by atoms with E-state index in [2.05, 4.69) is 11.4 Å². The summed E-state index contributed by atoms with van der Waals surface area (Å²) in [5.74, 6) is -1.00. The Hall–Kier alpha value is -1.40. The molecule has 108 valence electrons. The number of carboxylic acids is 1. The number of rotatable bonds is 4. The molecule has 6 heteroatoms. The van der Waals surface area contributed by atoms with E-state index in [1.54, 1.807) is 11.3 Å². The third-order valence-corrected chi connectivity index (χ3v) is 5.31. The zero-order valence-corrected chi connectivity index (χ0v) is 12.0. The molecule has 1 aromatic heterocycles. The lowest BCUT2D eigenvalue weighted by atomic mass is 9.98. The summed E-state index contributed by atoms with van der Waals surface area (Å²) in [5, 5.41) is 14.1. The smallest absolute Gasteiger partial charge is 0.331 e. The first kappa shape index (κ1) is 13.6. The van der Waals surface area contributed by atoms with Crippen molar-refractivity contribution < 1.29 is 19.4 Å². The standard InChI is InChI=1S/C14H17NO4S/c1-8-2-5-20-11(8)9-6-10(9)12(16)15-14(13(17)18)3-4-19-7-14/h2,5,9-10H,3-4,6-7H2,1H3,(H,15,16)(H,17,18). The highest BCUT2D eigenvalue weighted by atomic mass is 32.1. The molecule has 2 aliphatic rings. The van der Waals surface area contributed by atoms with Gasteiger partial charge in [0.05, 0.1) is 6.61 Å². The van der Waals surface area contributed by atoms with Gasteiger partial charge < -0.3 is 15.2 Å². The highest BCUT2D eigenvalue weighted by molar-refractivity contribution is 7.10. The van der Waals surface area contributed by atoms with Crippen LogP contribution in [0.2, 0.25) is 0 Å². The highest BCUT2D eigenvalue weighted by Gasteiger charge is 2.50. The Kier molecular flexibility index (Phi) is 3.30. The zero-order valence-electron chi connectivity index (χ0n) is 11.2. The third-order valence-electron chi connectivity index (χ3n) is 4.16. The molecule has 2 fully saturated rings. The number of carbonyl (C=O) groups excluding carboxylic acids is 1. The fraction of sp³-hybridized carbons (Fsp3) is 0.571. The van der Waals surface area contributed by atoms with E-state index in [0.29, 0.717) is 13.0 Å². The van der Waals surface area contributed by atoms with Crippen molar-refractivity contribution in [2.45, 2.75) is 31.2 Å². The van der Waals surface area contributed by atoms with Crippen LogP contribution in [0.15, 0.2) is 11.4 Å². The Balaban J connectivity index is 1.67. The van der Waals surface area contributed by atoms with Crippen LogP contribution in [0, 0.1) is 12.8 Å². The summed E-state index contributed by atoms with van der Waals surface area (Å²) >= 11 is 1.67. The summed E-state index contributed by atoms with van der Waals surface area (Å²) in [6, 6.07) is 2.05. The maximum absolute atomic E-state index is 12.3. The number of aliphatic carboxylic acids is 1. The van der Waals surface area contributed by atoms with Gasteiger partial charge in [0.1, 0.15) is 0 Å². The monoisotopic (exact) mass is 295 g/mol. The van der Waals surface area contributed by atoms with Crippen molar-refractivity contribution >= 4 is 23.2 Å². The minimum absolute atomic E-state index is 0.0590. The first-order chi connectivity index (χ1) is 9.53.